The molecule has 0 bridgehead atoms. The van der Waals surface area contributed by atoms with Crippen LogP contribution in [0.25, 0.3) is 0 Å². The van der Waals surface area contributed by atoms with Gasteiger partial charge in [-0.15, -0.1) is 0 Å². The second-order valence-corrected chi connectivity index (χ2v) is 6.44. The fourth-order valence-electron chi connectivity index (χ4n) is 2.18. The summed E-state index contributed by atoms with van der Waals surface area (Å²) in [5.74, 6) is 1.91. The number of amides is 1. The molecule has 110 valence electrons. The van der Waals surface area contributed by atoms with Crippen molar-refractivity contribution in [3.05, 3.63) is 23.9 Å². The molecule has 1 amide bonds. The normalized spacial score (nSPS) is 18.6. The number of pyridine rings is 1. The van der Waals surface area contributed by atoms with Crippen LogP contribution in [0.4, 0.5) is 5.82 Å². The lowest BCUT2D eigenvalue weighted by Gasteiger charge is -2.21. The number of thioether (sulfide) groups is 1. The van der Waals surface area contributed by atoms with E-state index in [1.54, 1.807) is 6.07 Å². The van der Waals surface area contributed by atoms with E-state index in [1.165, 1.54) is 25.0 Å². The molecule has 2 N–H and O–H groups in total. The average Bonchev–Trinajstić information content (AvgIpc) is 2.52. The highest BCUT2D eigenvalue weighted by Gasteiger charge is 2.15. The van der Waals surface area contributed by atoms with Gasteiger partial charge in [-0.25, -0.2) is 4.98 Å². The van der Waals surface area contributed by atoms with E-state index in [4.69, 9.17) is 0 Å². The Morgan fingerprint density at radius 1 is 1.45 bits per heavy atom. The number of rotatable bonds is 6. The van der Waals surface area contributed by atoms with Gasteiger partial charge < -0.3 is 10.6 Å². The maximum absolute atomic E-state index is 12.1. The van der Waals surface area contributed by atoms with Gasteiger partial charge in [-0.1, -0.05) is 19.4 Å². The monoisotopic (exact) mass is 293 g/mol. The summed E-state index contributed by atoms with van der Waals surface area (Å²) >= 11 is 1.97. The first-order valence-electron chi connectivity index (χ1n) is 7.40. The minimum absolute atomic E-state index is 0.0729. The molecule has 0 radical (unpaired) electrons. The lowest BCUT2D eigenvalue weighted by atomic mass is 10.2. The number of nitrogens with zero attached hydrogens (tertiary/aromatic N) is 1. The second-order valence-electron chi connectivity index (χ2n) is 5.03. The summed E-state index contributed by atoms with van der Waals surface area (Å²) in [5, 5.41) is 6.77. The van der Waals surface area contributed by atoms with E-state index in [0.29, 0.717) is 10.9 Å². The fourth-order valence-corrected chi connectivity index (χ4v) is 3.42. The first kappa shape index (κ1) is 15.2. The van der Waals surface area contributed by atoms with Crippen LogP contribution in [0.1, 0.15) is 43.1 Å². The van der Waals surface area contributed by atoms with E-state index in [2.05, 4.69) is 22.5 Å². The highest BCUT2D eigenvalue weighted by molar-refractivity contribution is 7.99. The summed E-state index contributed by atoms with van der Waals surface area (Å²) in [6.45, 7) is 3.72. The van der Waals surface area contributed by atoms with Crippen LogP contribution in [0.2, 0.25) is 0 Å². The van der Waals surface area contributed by atoms with Gasteiger partial charge in [-0.2, -0.15) is 11.8 Å². The van der Waals surface area contributed by atoms with Crippen molar-refractivity contribution in [2.75, 3.05) is 24.2 Å². The lowest BCUT2D eigenvalue weighted by molar-refractivity contribution is 0.0948. The van der Waals surface area contributed by atoms with Crippen molar-refractivity contribution in [2.24, 2.45) is 0 Å². The Labute approximate surface area is 125 Å². The van der Waals surface area contributed by atoms with Gasteiger partial charge in [0.05, 0.1) is 0 Å². The number of nitrogens with one attached hydrogen (secondary N) is 2. The summed E-state index contributed by atoms with van der Waals surface area (Å²) in [5.41, 5.74) is 0.493. The van der Waals surface area contributed by atoms with Gasteiger partial charge >= 0.3 is 0 Å². The Morgan fingerprint density at radius 3 is 3.10 bits per heavy atom. The summed E-state index contributed by atoms with van der Waals surface area (Å²) in [6, 6.07) is 5.53. The summed E-state index contributed by atoms with van der Waals surface area (Å²) in [4.78, 5) is 16.4. The molecule has 2 rings (SSSR count). The minimum Gasteiger partial charge on any atom is -0.370 e. The maximum atomic E-state index is 12.1. The Morgan fingerprint density at radius 2 is 2.35 bits per heavy atom. The third-order valence-electron chi connectivity index (χ3n) is 3.30. The zero-order chi connectivity index (χ0) is 14.2. The number of carbonyl (C=O) groups is 1. The zero-order valence-electron chi connectivity index (χ0n) is 12.0. The molecule has 1 aliphatic rings. The second kappa shape index (κ2) is 8.15. The number of hydrogen-bond donors (Lipinski definition) is 2. The fraction of sp³-hybridized carbons (Fsp3) is 0.600. The van der Waals surface area contributed by atoms with Crippen LogP contribution in [0, 0.1) is 0 Å². The smallest absolute Gasteiger partial charge is 0.270 e. The van der Waals surface area contributed by atoms with Gasteiger partial charge in [0, 0.05) is 18.3 Å². The Bertz CT molecular complexity index is 433. The van der Waals surface area contributed by atoms with E-state index in [9.17, 15) is 4.79 Å². The van der Waals surface area contributed by atoms with Crippen LogP contribution in [-0.4, -0.2) is 35.0 Å². The molecule has 5 heteroatoms. The molecule has 20 heavy (non-hydrogen) atoms. The largest absolute Gasteiger partial charge is 0.370 e. The van der Waals surface area contributed by atoms with Crippen LogP contribution >= 0.6 is 11.8 Å². The van der Waals surface area contributed by atoms with E-state index < -0.39 is 0 Å². The van der Waals surface area contributed by atoms with E-state index in [1.807, 2.05) is 23.9 Å². The van der Waals surface area contributed by atoms with Crippen LogP contribution in [0.15, 0.2) is 18.2 Å². The summed E-state index contributed by atoms with van der Waals surface area (Å²) < 4.78 is 0. The molecule has 1 saturated heterocycles. The molecule has 2 heterocycles. The molecule has 0 aliphatic carbocycles. The van der Waals surface area contributed by atoms with E-state index in [-0.39, 0.29) is 5.91 Å². The standard InChI is InChI=1S/C15H23N3OS/c1-2-9-16-14-8-5-7-13(18-14)15(19)17-11-12-6-3-4-10-20-12/h5,7-8,12H,2-4,6,9-11H2,1H3,(H,16,18)(H,17,19). The number of aromatic nitrogens is 1. The third-order valence-corrected chi connectivity index (χ3v) is 4.70. The van der Waals surface area contributed by atoms with Crippen LogP contribution < -0.4 is 10.6 Å². The molecule has 1 atom stereocenters. The molecule has 0 aromatic carbocycles. The highest BCUT2D eigenvalue weighted by Crippen LogP contribution is 2.24. The first-order chi connectivity index (χ1) is 9.79. The van der Waals surface area contributed by atoms with Crippen molar-refractivity contribution in [1.29, 1.82) is 0 Å². The molecule has 1 fully saturated rings. The molecule has 0 spiro atoms. The molecule has 1 unspecified atom stereocenters. The predicted molar refractivity (Wildman–Crippen MR) is 85.4 cm³/mol. The van der Waals surface area contributed by atoms with E-state index >= 15 is 0 Å². The van der Waals surface area contributed by atoms with Crippen molar-refractivity contribution < 1.29 is 4.79 Å². The predicted octanol–water partition coefficient (Wildman–Crippen LogP) is 2.92. The van der Waals surface area contributed by atoms with Gasteiger partial charge in [0.15, 0.2) is 0 Å². The number of hydrogen-bond acceptors (Lipinski definition) is 4. The van der Waals surface area contributed by atoms with Crippen molar-refractivity contribution in [2.45, 2.75) is 37.9 Å². The Hall–Kier alpha value is -1.23. The van der Waals surface area contributed by atoms with Gasteiger partial charge in [0.1, 0.15) is 11.5 Å². The highest BCUT2D eigenvalue weighted by atomic mass is 32.2. The van der Waals surface area contributed by atoms with Crippen molar-refractivity contribution in [1.82, 2.24) is 10.3 Å². The van der Waals surface area contributed by atoms with Crippen molar-refractivity contribution in [3.8, 4) is 0 Å². The molecular formula is C15H23N3OS. The van der Waals surface area contributed by atoms with Gasteiger partial charge in [0.2, 0.25) is 0 Å². The quantitative estimate of drug-likeness (QED) is 0.847. The molecule has 1 aromatic heterocycles. The van der Waals surface area contributed by atoms with Gasteiger partial charge in [-0.3, -0.25) is 4.79 Å². The number of anilines is 1. The average molecular weight is 293 g/mol. The zero-order valence-corrected chi connectivity index (χ0v) is 12.8. The topological polar surface area (TPSA) is 54.0 Å². The van der Waals surface area contributed by atoms with Gasteiger partial charge in [0.25, 0.3) is 5.91 Å². The molecular weight excluding hydrogens is 270 g/mol. The Balaban J connectivity index is 1.84. The van der Waals surface area contributed by atoms with E-state index in [0.717, 1.165) is 25.3 Å². The number of carbonyl (C=O) groups excluding carboxylic acids is 1. The lowest BCUT2D eigenvalue weighted by Crippen LogP contribution is -2.32. The summed E-state index contributed by atoms with van der Waals surface area (Å²) in [7, 11) is 0. The molecule has 0 saturated carbocycles. The van der Waals surface area contributed by atoms with Crippen LogP contribution in [0.5, 0.6) is 0 Å². The van der Waals surface area contributed by atoms with Gasteiger partial charge in [-0.05, 0) is 37.1 Å². The summed E-state index contributed by atoms with van der Waals surface area (Å²) in [6.07, 6.45) is 4.83. The molecule has 1 aliphatic heterocycles. The van der Waals surface area contributed by atoms with Crippen molar-refractivity contribution >= 4 is 23.5 Å². The Kier molecular flexibility index (Phi) is 6.18. The third kappa shape index (κ3) is 4.71. The minimum atomic E-state index is -0.0729. The molecule has 1 aromatic rings. The first-order valence-corrected chi connectivity index (χ1v) is 8.45. The van der Waals surface area contributed by atoms with Crippen LogP contribution in [0.3, 0.4) is 0 Å². The SMILES string of the molecule is CCCNc1cccc(C(=O)NCC2CCCCS2)n1. The van der Waals surface area contributed by atoms with Crippen molar-refractivity contribution in [3.63, 3.8) is 0 Å². The maximum Gasteiger partial charge on any atom is 0.270 e. The van der Waals surface area contributed by atoms with Crippen LogP contribution in [-0.2, 0) is 0 Å². The molecule has 4 nitrogen and oxygen atoms in total.